The smallest absolute Gasteiger partial charge is 0.134 e. The molecule has 0 N–H and O–H groups in total. The minimum atomic E-state index is 0.446. The molecule has 0 aliphatic carbocycles. The Bertz CT molecular complexity index is 333. The summed E-state index contributed by atoms with van der Waals surface area (Å²) in [6.45, 7) is 4.18. The van der Waals surface area contributed by atoms with Gasteiger partial charge >= 0.3 is 0 Å². The number of likely N-dealkylation sites (tertiary alicyclic amines) is 1. The number of piperidine rings is 1. The van der Waals surface area contributed by atoms with Gasteiger partial charge in [-0.2, -0.15) is 0 Å². The van der Waals surface area contributed by atoms with Gasteiger partial charge in [0.25, 0.3) is 0 Å². The maximum Gasteiger partial charge on any atom is 0.134 e. The van der Waals surface area contributed by atoms with Gasteiger partial charge in [0.15, 0.2) is 0 Å². The van der Waals surface area contributed by atoms with Gasteiger partial charge in [-0.25, -0.2) is 9.97 Å². The van der Waals surface area contributed by atoms with E-state index in [1.165, 1.54) is 19.4 Å². The number of aryl methyl sites for hydroxylation is 1. The summed E-state index contributed by atoms with van der Waals surface area (Å²) in [5.41, 5.74) is 0.957. The molecule has 0 unspecified atom stereocenters. The molecule has 2 heterocycles. The maximum absolute atomic E-state index is 5.94. The van der Waals surface area contributed by atoms with Crippen LogP contribution in [-0.4, -0.2) is 35.0 Å². The van der Waals surface area contributed by atoms with Crippen molar-refractivity contribution in [2.24, 2.45) is 0 Å². The van der Waals surface area contributed by atoms with Crippen LogP contribution in [-0.2, 0) is 0 Å². The third-order valence-electron chi connectivity index (χ3n) is 2.83. The van der Waals surface area contributed by atoms with Crippen molar-refractivity contribution in [1.82, 2.24) is 14.9 Å². The van der Waals surface area contributed by atoms with E-state index in [0.717, 1.165) is 18.1 Å². The van der Waals surface area contributed by atoms with Crippen molar-refractivity contribution in [3.63, 3.8) is 0 Å². The summed E-state index contributed by atoms with van der Waals surface area (Å²) in [6.07, 6.45) is 2.39. The Morgan fingerprint density at radius 1 is 1.47 bits per heavy atom. The Labute approximate surface area is 95.5 Å². The van der Waals surface area contributed by atoms with Crippen molar-refractivity contribution < 1.29 is 0 Å². The molecule has 1 saturated heterocycles. The molecule has 0 aromatic carbocycles. The Morgan fingerprint density at radius 2 is 2.27 bits per heavy atom. The highest BCUT2D eigenvalue weighted by atomic mass is 35.5. The van der Waals surface area contributed by atoms with Gasteiger partial charge in [-0.3, -0.25) is 0 Å². The molecular formula is C11H16ClN3. The predicted octanol–water partition coefficient (Wildman–Crippen LogP) is 2.25. The molecule has 2 rings (SSSR count). The fraction of sp³-hybridized carbons (Fsp3) is 0.636. The van der Waals surface area contributed by atoms with Crippen molar-refractivity contribution in [1.29, 1.82) is 0 Å². The molecule has 1 aromatic rings. The van der Waals surface area contributed by atoms with Crippen molar-refractivity contribution >= 4 is 11.6 Å². The molecule has 1 aromatic heterocycles. The fourth-order valence-corrected chi connectivity index (χ4v) is 2.36. The molecular weight excluding hydrogens is 210 g/mol. The zero-order chi connectivity index (χ0) is 10.8. The number of rotatable bonds is 1. The quantitative estimate of drug-likeness (QED) is 0.687. The predicted molar refractivity (Wildman–Crippen MR) is 61.3 cm³/mol. The second-order valence-corrected chi connectivity index (χ2v) is 4.68. The summed E-state index contributed by atoms with van der Waals surface area (Å²) < 4.78 is 0. The Morgan fingerprint density at radius 3 is 2.93 bits per heavy atom. The van der Waals surface area contributed by atoms with Crippen LogP contribution in [0.5, 0.6) is 0 Å². The highest BCUT2D eigenvalue weighted by Crippen LogP contribution is 2.24. The lowest BCUT2D eigenvalue weighted by Crippen LogP contribution is -2.31. The summed E-state index contributed by atoms with van der Waals surface area (Å²) in [5, 5.41) is 0.561. The summed E-state index contributed by atoms with van der Waals surface area (Å²) in [6, 6.07) is 1.80. The number of halogens is 1. The monoisotopic (exact) mass is 225 g/mol. The van der Waals surface area contributed by atoms with E-state index in [1.54, 1.807) is 6.07 Å². The third-order valence-corrected chi connectivity index (χ3v) is 3.02. The first-order chi connectivity index (χ1) is 7.15. The summed E-state index contributed by atoms with van der Waals surface area (Å²) in [7, 11) is 2.14. The highest BCUT2D eigenvalue weighted by molar-refractivity contribution is 6.29. The zero-order valence-electron chi connectivity index (χ0n) is 9.20. The van der Waals surface area contributed by atoms with Crippen molar-refractivity contribution in [2.45, 2.75) is 25.7 Å². The van der Waals surface area contributed by atoms with Crippen molar-refractivity contribution in [2.75, 3.05) is 20.1 Å². The first-order valence-electron chi connectivity index (χ1n) is 5.35. The van der Waals surface area contributed by atoms with Gasteiger partial charge in [0.1, 0.15) is 11.0 Å². The standard InChI is InChI=1S/C11H16ClN3/c1-8-6-10(12)14-11(13-8)9-4-3-5-15(2)7-9/h6,9H,3-5,7H2,1-2H3/t9-/m0/s1. The van der Waals surface area contributed by atoms with Crippen LogP contribution in [0.4, 0.5) is 0 Å². The summed E-state index contributed by atoms with van der Waals surface area (Å²) >= 11 is 5.94. The second kappa shape index (κ2) is 4.45. The number of hydrogen-bond donors (Lipinski definition) is 0. The molecule has 82 valence electrons. The van der Waals surface area contributed by atoms with E-state index in [0.29, 0.717) is 11.1 Å². The molecule has 1 aliphatic rings. The van der Waals surface area contributed by atoms with E-state index in [9.17, 15) is 0 Å². The average Bonchev–Trinajstić information content (AvgIpc) is 2.16. The van der Waals surface area contributed by atoms with Crippen LogP contribution < -0.4 is 0 Å². The van der Waals surface area contributed by atoms with Crippen molar-refractivity contribution in [3.05, 3.63) is 22.7 Å². The third kappa shape index (κ3) is 2.67. The molecule has 0 saturated carbocycles. The minimum Gasteiger partial charge on any atom is -0.306 e. The topological polar surface area (TPSA) is 29.0 Å². The lowest BCUT2D eigenvalue weighted by Gasteiger charge is -2.28. The SMILES string of the molecule is Cc1cc(Cl)nc([C@H]2CCCN(C)C2)n1. The molecule has 1 atom stereocenters. The number of aromatic nitrogens is 2. The average molecular weight is 226 g/mol. The lowest BCUT2D eigenvalue weighted by molar-refractivity contribution is 0.245. The van der Waals surface area contributed by atoms with Crippen LogP contribution in [0.2, 0.25) is 5.15 Å². The Balaban J connectivity index is 2.20. The zero-order valence-corrected chi connectivity index (χ0v) is 9.96. The highest BCUT2D eigenvalue weighted by Gasteiger charge is 2.21. The number of hydrogen-bond acceptors (Lipinski definition) is 3. The number of nitrogens with zero attached hydrogens (tertiary/aromatic N) is 3. The molecule has 0 amide bonds. The molecule has 15 heavy (non-hydrogen) atoms. The van der Waals surface area contributed by atoms with Gasteiger partial charge in [0.2, 0.25) is 0 Å². The van der Waals surface area contributed by atoms with Gasteiger partial charge in [0.05, 0.1) is 0 Å². The fourth-order valence-electron chi connectivity index (χ4n) is 2.11. The second-order valence-electron chi connectivity index (χ2n) is 4.29. The van der Waals surface area contributed by atoms with E-state index in [-0.39, 0.29) is 0 Å². The normalized spacial score (nSPS) is 23.0. The first-order valence-corrected chi connectivity index (χ1v) is 5.72. The van der Waals surface area contributed by atoms with Gasteiger partial charge in [-0.15, -0.1) is 0 Å². The van der Waals surface area contributed by atoms with Crippen LogP contribution in [0.15, 0.2) is 6.07 Å². The molecule has 0 bridgehead atoms. The maximum atomic E-state index is 5.94. The molecule has 3 nitrogen and oxygen atoms in total. The Hall–Kier alpha value is -0.670. The largest absolute Gasteiger partial charge is 0.306 e. The van der Waals surface area contributed by atoms with E-state index < -0.39 is 0 Å². The van der Waals surface area contributed by atoms with Gasteiger partial charge in [-0.1, -0.05) is 11.6 Å². The lowest BCUT2D eigenvalue weighted by atomic mass is 9.97. The molecule has 0 spiro atoms. The molecule has 1 aliphatic heterocycles. The Kier molecular flexibility index (Phi) is 3.22. The summed E-state index contributed by atoms with van der Waals surface area (Å²) in [5.74, 6) is 1.35. The van der Waals surface area contributed by atoms with Gasteiger partial charge in [0, 0.05) is 18.2 Å². The van der Waals surface area contributed by atoms with Crippen LogP contribution in [0.25, 0.3) is 0 Å². The van der Waals surface area contributed by atoms with E-state index in [4.69, 9.17) is 11.6 Å². The van der Waals surface area contributed by atoms with E-state index >= 15 is 0 Å². The molecule has 1 fully saturated rings. The first kappa shape index (κ1) is 10.8. The van der Waals surface area contributed by atoms with E-state index in [1.807, 2.05) is 6.92 Å². The van der Waals surface area contributed by atoms with Crippen LogP contribution in [0.3, 0.4) is 0 Å². The van der Waals surface area contributed by atoms with E-state index in [2.05, 4.69) is 21.9 Å². The number of likely N-dealkylation sites (N-methyl/N-ethyl adjacent to an activating group) is 1. The molecule has 0 radical (unpaired) electrons. The minimum absolute atomic E-state index is 0.446. The van der Waals surface area contributed by atoms with Crippen LogP contribution in [0.1, 0.15) is 30.3 Å². The van der Waals surface area contributed by atoms with Crippen molar-refractivity contribution in [3.8, 4) is 0 Å². The van der Waals surface area contributed by atoms with Crippen LogP contribution in [0, 0.1) is 6.92 Å². The van der Waals surface area contributed by atoms with Gasteiger partial charge < -0.3 is 4.90 Å². The molecule has 4 heteroatoms. The summed E-state index contributed by atoms with van der Waals surface area (Å²) in [4.78, 5) is 11.1. The van der Waals surface area contributed by atoms with Crippen LogP contribution >= 0.6 is 11.6 Å². The van der Waals surface area contributed by atoms with Gasteiger partial charge in [-0.05, 0) is 39.4 Å².